The molecule has 3 heteroatoms. The summed E-state index contributed by atoms with van der Waals surface area (Å²) in [5.74, 6) is 0.200. The summed E-state index contributed by atoms with van der Waals surface area (Å²) >= 11 is 0. The summed E-state index contributed by atoms with van der Waals surface area (Å²) in [4.78, 5) is 14.6. The lowest BCUT2D eigenvalue weighted by Gasteiger charge is -2.26. The molecule has 96 valence electrons. The van der Waals surface area contributed by atoms with Gasteiger partial charge in [0.2, 0.25) is 0 Å². The van der Waals surface area contributed by atoms with Crippen LogP contribution >= 0.6 is 0 Å². The van der Waals surface area contributed by atoms with E-state index in [0.29, 0.717) is 6.04 Å². The van der Waals surface area contributed by atoms with Crippen molar-refractivity contribution in [3.8, 4) is 0 Å². The number of fused-ring (bicyclic) bond motifs is 1. The highest BCUT2D eigenvalue weighted by Gasteiger charge is 2.28. The van der Waals surface area contributed by atoms with Crippen LogP contribution < -0.4 is 5.32 Å². The molecule has 0 aliphatic carbocycles. The number of nitrogens with one attached hydrogen (secondary N) is 1. The minimum atomic E-state index is 0.200. The van der Waals surface area contributed by atoms with E-state index in [4.69, 9.17) is 0 Å². The Balaban J connectivity index is 1.94. The Morgan fingerprint density at radius 2 is 2.28 bits per heavy atom. The highest BCUT2D eigenvalue weighted by molar-refractivity contribution is 6.00. The molecular weight excluding hydrogens is 224 g/mol. The first-order chi connectivity index (χ1) is 8.77. The van der Waals surface area contributed by atoms with Gasteiger partial charge in [0.25, 0.3) is 5.91 Å². The second-order valence-corrected chi connectivity index (χ2v) is 5.36. The van der Waals surface area contributed by atoms with Crippen LogP contribution in [0.2, 0.25) is 0 Å². The van der Waals surface area contributed by atoms with Crippen LogP contribution in [0.5, 0.6) is 0 Å². The van der Waals surface area contributed by atoms with Gasteiger partial charge < -0.3 is 10.2 Å². The van der Waals surface area contributed by atoms with E-state index in [1.807, 2.05) is 17.0 Å². The largest absolute Gasteiger partial charge is 0.384 e. The maximum Gasteiger partial charge on any atom is 0.256 e. The number of carbonyl (C=O) groups excluding carboxylic acids is 1. The molecule has 1 unspecified atom stereocenters. The van der Waals surface area contributed by atoms with Crippen molar-refractivity contribution < 1.29 is 4.79 Å². The number of rotatable bonds is 1. The van der Waals surface area contributed by atoms with Crippen molar-refractivity contribution in [1.82, 2.24) is 4.90 Å². The quantitative estimate of drug-likeness (QED) is 0.823. The van der Waals surface area contributed by atoms with Gasteiger partial charge in [0.1, 0.15) is 0 Å². The Morgan fingerprint density at radius 3 is 3.06 bits per heavy atom. The predicted octanol–water partition coefficient (Wildman–Crippen LogP) is 2.67. The van der Waals surface area contributed by atoms with E-state index in [1.54, 1.807) is 0 Å². The molecule has 0 aromatic heterocycles. The molecule has 1 fully saturated rings. The van der Waals surface area contributed by atoms with Crippen molar-refractivity contribution in [2.75, 3.05) is 18.4 Å². The molecule has 3 rings (SSSR count). The highest BCUT2D eigenvalue weighted by Crippen LogP contribution is 2.29. The van der Waals surface area contributed by atoms with Crippen LogP contribution in [0.25, 0.3) is 0 Å². The number of para-hydroxylation sites is 1. The number of aryl methyl sites for hydroxylation is 1. The molecule has 0 bridgehead atoms. The zero-order chi connectivity index (χ0) is 12.5. The Morgan fingerprint density at radius 1 is 1.39 bits per heavy atom. The molecule has 2 aliphatic rings. The van der Waals surface area contributed by atoms with Crippen LogP contribution in [-0.2, 0) is 6.42 Å². The van der Waals surface area contributed by atoms with Crippen LogP contribution in [0.1, 0.15) is 42.1 Å². The molecule has 0 spiro atoms. The number of nitrogens with zero attached hydrogens (tertiary/aromatic N) is 1. The molecule has 1 aromatic rings. The molecule has 3 nitrogen and oxygen atoms in total. The first kappa shape index (κ1) is 11.6. The topological polar surface area (TPSA) is 32.3 Å². The molecule has 2 aliphatic heterocycles. The van der Waals surface area contributed by atoms with E-state index < -0.39 is 0 Å². The van der Waals surface area contributed by atoms with Crippen molar-refractivity contribution >= 4 is 11.6 Å². The fourth-order valence-corrected chi connectivity index (χ4v) is 3.08. The molecule has 1 N–H and O–H groups in total. The second-order valence-electron chi connectivity index (χ2n) is 5.36. The zero-order valence-corrected chi connectivity index (χ0v) is 10.9. The van der Waals surface area contributed by atoms with Crippen molar-refractivity contribution in [2.24, 2.45) is 0 Å². The van der Waals surface area contributed by atoms with Crippen LogP contribution in [0.15, 0.2) is 18.2 Å². The van der Waals surface area contributed by atoms with Gasteiger partial charge in [0.15, 0.2) is 0 Å². The van der Waals surface area contributed by atoms with Gasteiger partial charge in [-0.05, 0) is 44.2 Å². The summed E-state index contributed by atoms with van der Waals surface area (Å²) in [5.41, 5.74) is 3.23. The van der Waals surface area contributed by atoms with Gasteiger partial charge in [-0.3, -0.25) is 4.79 Å². The highest BCUT2D eigenvalue weighted by atomic mass is 16.2. The van der Waals surface area contributed by atoms with Crippen LogP contribution in [0, 0.1) is 0 Å². The van der Waals surface area contributed by atoms with Gasteiger partial charge in [-0.15, -0.1) is 0 Å². The standard InChI is InChI=1S/C15H20N2O/c1-11-5-4-10-17(11)15(18)13-8-2-6-12-7-3-9-16-14(12)13/h2,6,8,11,16H,3-5,7,9-10H2,1H3. The second kappa shape index (κ2) is 4.63. The normalized spacial score (nSPS) is 22.5. The Kier molecular flexibility index (Phi) is 2.98. The smallest absolute Gasteiger partial charge is 0.256 e. The lowest BCUT2D eigenvalue weighted by molar-refractivity contribution is 0.0748. The lowest BCUT2D eigenvalue weighted by Crippen LogP contribution is -2.34. The molecule has 0 radical (unpaired) electrons. The SMILES string of the molecule is CC1CCCN1C(=O)c1cccc2c1NCCC2. The summed E-state index contributed by atoms with van der Waals surface area (Å²) in [5, 5.41) is 3.40. The van der Waals surface area contributed by atoms with Crippen LogP contribution in [0.3, 0.4) is 0 Å². The number of hydrogen-bond acceptors (Lipinski definition) is 2. The first-order valence-electron chi connectivity index (χ1n) is 6.94. The maximum absolute atomic E-state index is 12.6. The average Bonchev–Trinajstić information content (AvgIpc) is 2.83. The number of likely N-dealkylation sites (tertiary alicyclic amines) is 1. The fraction of sp³-hybridized carbons (Fsp3) is 0.533. The summed E-state index contributed by atoms with van der Waals surface area (Å²) in [7, 11) is 0. The third-order valence-electron chi connectivity index (χ3n) is 4.12. The molecule has 2 heterocycles. The Bertz CT molecular complexity index is 470. The average molecular weight is 244 g/mol. The predicted molar refractivity (Wildman–Crippen MR) is 73.0 cm³/mol. The van der Waals surface area contributed by atoms with Gasteiger partial charge in [0, 0.05) is 19.1 Å². The molecule has 1 amide bonds. The van der Waals surface area contributed by atoms with Crippen molar-refractivity contribution in [2.45, 2.75) is 38.6 Å². The first-order valence-corrected chi connectivity index (χ1v) is 6.94. The molecule has 0 saturated carbocycles. The molecule has 18 heavy (non-hydrogen) atoms. The summed E-state index contributed by atoms with van der Waals surface area (Å²) < 4.78 is 0. The maximum atomic E-state index is 12.6. The van der Waals surface area contributed by atoms with Gasteiger partial charge in [-0.1, -0.05) is 12.1 Å². The van der Waals surface area contributed by atoms with Crippen molar-refractivity contribution in [3.05, 3.63) is 29.3 Å². The number of benzene rings is 1. The summed E-state index contributed by atoms with van der Waals surface area (Å²) in [6.45, 7) is 4.03. The number of anilines is 1. The molecule has 1 saturated heterocycles. The van der Waals surface area contributed by atoms with Gasteiger partial charge >= 0.3 is 0 Å². The fourth-order valence-electron chi connectivity index (χ4n) is 3.08. The van der Waals surface area contributed by atoms with E-state index >= 15 is 0 Å². The molecule has 1 atom stereocenters. The van der Waals surface area contributed by atoms with E-state index in [0.717, 1.165) is 50.0 Å². The minimum absolute atomic E-state index is 0.200. The van der Waals surface area contributed by atoms with Gasteiger partial charge in [-0.25, -0.2) is 0 Å². The van der Waals surface area contributed by atoms with Crippen LogP contribution in [-0.4, -0.2) is 29.9 Å². The number of carbonyl (C=O) groups is 1. The van der Waals surface area contributed by atoms with E-state index in [9.17, 15) is 4.79 Å². The lowest BCUT2D eigenvalue weighted by atomic mass is 9.98. The number of amides is 1. The molecule has 1 aromatic carbocycles. The summed E-state index contributed by atoms with van der Waals surface area (Å²) in [6.07, 6.45) is 4.51. The number of hydrogen-bond donors (Lipinski definition) is 1. The third kappa shape index (κ3) is 1.88. The van der Waals surface area contributed by atoms with Crippen LogP contribution in [0.4, 0.5) is 5.69 Å². The Labute approximate surface area is 108 Å². The van der Waals surface area contributed by atoms with Gasteiger partial charge in [-0.2, -0.15) is 0 Å². The van der Waals surface area contributed by atoms with Crippen molar-refractivity contribution in [1.29, 1.82) is 0 Å². The minimum Gasteiger partial charge on any atom is -0.384 e. The zero-order valence-electron chi connectivity index (χ0n) is 10.9. The third-order valence-corrected chi connectivity index (χ3v) is 4.12. The van der Waals surface area contributed by atoms with Gasteiger partial charge in [0.05, 0.1) is 11.3 Å². The summed E-state index contributed by atoms with van der Waals surface area (Å²) in [6, 6.07) is 6.49. The van der Waals surface area contributed by atoms with Crippen molar-refractivity contribution in [3.63, 3.8) is 0 Å². The van der Waals surface area contributed by atoms with E-state index in [1.165, 1.54) is 5.56 Å². The van der Waals surface area contributed by atoms with E-state index in [-0.39, 0.29) is 5.91 Å². The monoisotopic (exact) mass is 244 g/mol. The molecular formula is C15H20N2O. The Hall–Kier alpha value is -1.51. The van der Waals surface area contributed by atoms with E-state index in [2.05, 4.69) is 18.3 Å².